The minimum atomic E-state index is 0.692. The average Bonchev–Trinajstić information content (AvgIpc) is 3.08. The van der Waals surface area contributed by atoms with Crippen LogP contribution in [0, 0.1) is 0 Å². The molecule has 0 bridgehead atoms. The number of nitrogens with one attached hydrogen (secondary N) is 2. The highest BCUT2D eigenvalue weighted by Gasteiger charge is 2.03. The van der Waals surface area contributed by atoms with Crippen LogP contribution >= 0.6 is 11.3 Å². The van der Waals surface area contributed by atoms with Gasteiger partial charge in [-0.15, -0.1) is 0 Å². The summed E-state index contributed by atoms with van der Waals surface area (Å²) < 4.78 is 0. The van der Waals surface area contributed by atoms with Crippen LogP contribution in [0.25, 0.3) is 10.9 Å². The number of benzene rings is 1. The third kappa shape index (κ3) is 3.43. The Bertz CT molecular complexity index is 760. The molecule has 2 heterocycles. The van der Waals surface area contributed by atoms with E-state index in [-0.39, 0.29) is 0 Å². The standard InChI is InChI=1S/C17H18N4S/c1-18-17(20-10-13-7-9-22-12-13)21-11-15-5-2-4-14-6-3-8-19-16(14)15/h2-9,12H,10-11H2,1H3,(H2,18,20,21). The van der Waals surface area contributed by atoms with Crippen LogP contribution in [0.1, 0.15) is 11.1 Å². The Labute approximate surface area is 133 Å². The van der Waals surface area contributed by atoms with Gasteiger partial charge in [-0.2, -0.15) is 11.3 Å². The van der Waals surface area contributed by atoms with Crippen LogP contribution in [0.15, 0.2) is 58.3 Å². The molecule has 0 amide bonds. The number of hydrogen-bond donors (Lipinski definition) is 2. The molecule has 0 aliphatic heterocycles. The Morgan fingerprint density at radius 2 is 2.00 bits per heavy atom. The minimum Gasteiger partial charge on any atom is -0.352 e. The highest BCUT2D eigenvalue weighted by Crippen LogP contribution is 2.15. The Morgan fingerprint density at radius 1 is 1.14 bits per heavy atom. The van der Waals surface area contributed by atoms with Crippen LogP contribution in [0.3, 0.4) is 0 Å². The summed E-state index contributed by atoms with van der Waals surface area (Å²) in [5, 5.41) is 12.0. The van der Waals surface area contributed by atoms with Crippen molar-refractivity contribution in [1.82, 2.24) is 15.6 Å². The number of guanidine groups is 1. The van der Waals surface area contributed by atoms with Crippen molar-refractivity contribution in [1.29, 1.82) is 0 Å². The van der Waals surface area contributed by atoms with E-state index in [2.05, 4.69) is 61.7 Å². The molecule has 0 saturated carbocycles. The number of para-hydroxylation sites is 1. The van der Waals surface area contributed by atoms with Crippen molar-refractivity contribution in [3.05, 3.63) is 64.5 Å². The van der Waals surface area contributed by atoms with Gasteiger partial charge in [0.15, 0.2) is 5.96 Å². The number of fused-ring (bicyclic) bond motifs is 1. The highest BCUT2D eigenvalue weighted by molar-refractivity contribution is 7.07. The number of rotatable bonds is 4. The largest absolute Gasteiger partial charge is 0.352 e. The van der Waals surface area contributed by atoms with E-state index in [1.807, 2.05) is 12.3 Å². The second-order valence-electron chi connectivity index (χ2n) is 4.90. The van der Waals surface area contributed by atoms with E-state index >= 15 is 0 Å². The van der Waals surface area contributed by atoms with Gasteiger partial charge in [-0.3, -0.25) is 9.98 Å². The molecule has 0 saturated heterocycles. The van der Waals surface area contributed by atoms with Gasteiger partial charge in [0.1, 0.15) is 0 Å². The first-order valence-corrected chi connectivity index (χ1v) is 8.09. The molecular weight excluding hydrogens is 292 g/mol. The van der Waals surface area contributed by atoms with Crippen molar-refractivity contribution in [3.8, 4) is 0 Å². The SMILES string of the molecule is CN=C(NCc1ccsc1)NCc1cccc2cccnc12. The molecule has 0 atom stereocenters. The van der Waals surface area contributed by atoms with Gasteiger partial charge in [-0.25, -0.2) is 0 Å². The zero-order chi connectivity index (χ0) is 15.2. The smallest absolute Gasteiger partial charge is 0.191 e. The van der Waals surface area contributed by atoms with Crippen LogP contribution < -0.4 is 10.6 Å². The maximum absolute atomic E-state index is 4.47. The fourth-order valence-electron chi connectivity index (χ4n) is 2.29. The quantitative estimate of drug-likeness (QED) is 0.575. The molecule has 5 heteroatoms. The lowest BCUT2D eigenvalue weighted by Gasteiger charge is -2.12. The molecule has 3 aromatic rings. The van der Waals surface area contributed by atoms with Crippen LogP contribution in [0.4, 0.5) is 0 Å². The molecule has 0 aliphatic carbocycles. The van der Waals surface area contributed by atoms with Crippen LogP contribution in [-0.4, -0.2) is 18.0 Å². The maximum Gasteiger partial charge on any atom is 0.191 e. The van der Waals surface area contributed by atoms with E-state index in [0.29, 0.717) is 6.54 Å². The molecule has 1 aromatic carbocycles. The molecule has 0 spiro atoms. The molecule has 0 radical (unpaired) electrons. The number of aliphatic imine (C=N–C) groups is 1. The number of pyridine rings is 1. The number of aromatic nitrogens is 1. The van der Waals surface area contributed by atoms with Crippen LogP contribution in [0.2, 0.25) is 0 Å². The molecule has 112 valence electrons. The lowest BCUT2D eigenvalue weighted by Crippen LogP contribution is -2.36. The lowest BCUT2D eigenvalue weighted by molar-refractivity contribution is 0.812. The molecule has 0 aliphatic rings. The molecule has 2 N–H and O–H groups in total. The van der Waals surface area contributed by atoms with E-state index < -0.39 is 0 Å². The van der Waals surface area contributed by atoms with Gasteiger partial charge in [0.2, 0.25) is 0 Å². The summed E-state index contributed by atoms with van der Waals surface area (Å²) in [5.41, 5.74) is 3.46. The average molecular weight is 310 g/mol. The third-order valence-electron chi connectivity index (χ3n) is 3.43. The highest BCUT2D eigenvalue weighted by atomic mass is 32.1. The molecule has 0 unspecified atom stereocenters. The summed E-state index contributed by atoms with van der Waals surface area (Å²) in [5.74, 6) is 0.791. The molecule has 22 heavy (non-hydrogen) atoms. The minimum absolute atomic E-state index is 0.692. The van der Waals surface area contributed by atoms with Crippen molar-refractivity contribution < 1.29 is 0 Å². The van der Waals surface area contributed by atoms with Crippen molar-refractivity contribution in [2.75, 3.05) is 7.05 Å². The number of nitrogens with zero attached hydrogens (tertiary/aromatic N) is 2. The van der Waals surface area contributed by atoms with E-state index in [9.17, 15) is 0 Å². The van der Waals surface area contributed by atoms with Gasteiger partial charge in [0.05, 0.1) is 5.52 Å². The predicted octanol–water partition coefficient (Wildman–Crippen LogP) is 3.16. The fourth-order valence-corrected chi connectivity index (χ4v) is 2.96. The zero-order valence-corrected chi connectivity index (χ0v) is 13.2. The Balaban J connectivity index is 1.64. The molecule has 0 fully saturated rings. The van der Waals surface area contributed by atoms with Crippen molar-refractivity contribution in [2.24, 2.45) is 4.99 Å². The maximum atomic E-state index is 4.47. The summed E-state index contributed by atoms with van der Waals surface area (Å²) in [4.78, 5) is 8.73. The summed E-state index contributed by atoms with van der Waals surface area (Å²) in [6.07, 6.45) is 1.83. The first-order chi connectivity index (χ1) is 10.9. The van der Waals surface area contributed by atoms with Crippen molar-refractivity contribution in [2.45, 2.75) is 13.1 Å². The molecular formula is C17H18N4S. The van der Waals surface area contributed by atoms with E-state index in [1.54, 1.807) is 18.4 Å². The van der Waals surface area contributed by atoms with Gasteiger partial charge < -0.3 is 10.6 Å². The van der Waals surface area contributed by atoms with Gasteiger partial charge in [-0.05, 0) is 34.0 Å². The first kappa shape index (κ1) is 14.5. The van der Waals surface area contributed by atoms with E-state index in [4.69, 9.17) is 0 Å². The normalized spacial score (nSPS) is 11.6. The van der Waals surface area contributed by atoms with Gasteiger partial charge in [0.25, 0.3) is 0 Å². The number of thiophene rings is 1. The van der Waals surface area contributed by atoms with Crippen LogP contribution in [-0.2, 0) is 13.1 Å². The Hall–Kier alpha value is -2.40. The van der Waals surface area contributed by atoms with Crippen molar-refractivity contribution in [3.63, 3.8) is 0 Å². The predicted molar refractivity (Wildman–Crippen MR) is 93.1 cm³/mol. The monoisotopic (exact) mass is 310 g/mol. The summed E-state index contributed by atoms with van der Waals surface area (Å²) >= 11 is 1.70. The van der Waals surface area contributed by atoms with Gasteiger partial charge in [0, 0.05) is 31.7 Å². The fraction of sp³-hybridized carbons (Fsp3) is 0.176. The van der Waals surface area contributed by atoms with Gasteiger partial charge in [-0.1, -0.05) is 24.3 Å². The van der Waals surface area contributed by atoms with Gasteiger partial charge >= 0.3 is 0 Å². The lowest BCUT2D eigenvalue weighted by atomic mass is 10.1. The first-order valence-electron chi connectivity index (χ1n) is 7.15. The summed E-state index contributed by atoms with van der Waals surface area (Å²) in [6, 6.07) is 12.4. The number of hydrogen-bond acceptors (Lipinski definition) is 3. The van der Waals surface area contributed by atoms with Crippen LogP contribution in [0.5, 0.6) is 0 Å². The molecule has 2 aromatic heterocycles. The topological polar surface area (TPSA) is 49.3 Å². The Kier molecular flexibility index (Phi) is 4.65. The van der Waals surface area contributed by atoms with E-state index in [1.165, 1.54) is 5.56 Å². The second kappa shape index (κ2) is 7.04. The van der Waals surface area contributed by atoms with E-state index in [0.717, 1.165) is 29.0 Å². The Morgan fingerprint density at radius 3 is 2.82 bits per heavy atom. The summed E-state index contributed by atoms with van der Waals surface area (Å²) in [6.45, 7) is 1.47. The second-order valence-corrected chi connectivity index (χ2v) is 5.68. The zero-order valence-electron chi connectivity index (χ0n) is 12.4. The summed E-state index contributed by atoms with van der Waals surface area (Å²) in [7, 11) is 1.78. The molecule has 3 rings (SSSR count). The third-order valence-corrected chi connectivity index (χ3v) is 4.16. The van der Waals surface area contributed by atoms with Crippen molar-refractivity contribution >= 4 is 28.2 Å². The molecule has 4 nitrogen and oxygen atoms in total.